The van der Waals surface area contributed by atoms with E-state index in [-0.39, 0.29) is 29.8 Å². The van der Waals surface area contributed by atoms with E-state index in [1.165, 1.54) is 21.3 Å². The van der Waals surface area contributed by atoms with Crippen LogP contribution in [-0.4, -0.2) is 114 Å². The molecular formula is C49H52N8O9. The highest BCUT2D eigenvalue weighted by atomic mass is 16.5. The molecule has 17 nitrogen and oxygen atoms in total. The van der Waals surface area contributed by atoms with Crippen LogP contribution in [0.15, 0.2) is 79.0 Å². The molecule has 17 heteroatoms. The molecule has 4 aromatic carbocycles. The summed E-state index contributed by atoms with van der Waals surface area (Å²) in [5.74, 6) is 2.05. The molecule has 0 bridgehead atoms. The Hall–Kier alpha value is -6.98. The Bertz CT molecular complexity index is 2850. The van der Waals surface area contributed by atoms with Crippen LogP contribution < -0.4 is 15.4 Å². The first-order chi connectivity index (χ1) is 32.1. The zero-order valence-corrected chi connectivity index (χ0v) is 37.3. The lowest BCUT2D eigenvalue weighted by molar-refractivity contribution is -0.139. The molecule has 66 heavy (non-hydrogen) atoms. The average Bonchev–Trinajstić information content (AvgIpc) is 3.81. The number of benzene rings is 4. The first-order valence-corrected chi connectivity index (χ1v) is 22.2. The van der Waals surface area contributed by atoms with Crippen LogP contribution in [-0.2, 0) is 35.1 Å². The van der Waals surface area contributed by atoms with Crippen molar-refractivity contribution in [1.82, 2.24) is 40.4 Å². The van der Waals surface area contributed by atoms with Gasteiger partial charge in [0.05, 0.1) is 61.9 Å². The third kappa shape index (κ3) is 7.74. The second-order valence-electron chi connectivity index (χ2n) is 17.7. The Labute approximate surface area is 380 Å². The Morgan fingerprint density at radius 1 is 0.848 bits per heavy atom. The number of amides is 4. The number of aromatic amines is 2. The summed E-state index contributed by atoms with van der Waals surface area (Å²) in [6.45, 7) is 3.00. The number of methoxy groups -OCH3 is 4. The minimum atomic E-state index is -0.958. The first kappa shape index (κ1) is 42.9. The lowest BCUT2D eigenvalue weighted by Crippen LogP contribution is -2.54. The molecule has 2 aromatic heterocycles. The molecule has 4 N–H and O–H groups in total. The number of hydrogen-bond donors (Lipinski definition) is 4. The molecule has 5 heterocycles. The number of fused-ring (bicyclic) bond motifs is 7. The molecule has 1 unspecified atom stereocenters. The van der Waals surface area contributed by atoms with Gasteiger partial charge in [-0.05, 0) is 84.0 Å². The minimum absolute atomic E-state index is 0.0557. The fourth-order valence-corrected chi connectivity index (χ4v) is 10.2. The van der Waals surface area contributed by atoms with Crippen molar-refractivity contribution in [3.05, 3.63) is 102 Å². The van der Waals surface area contributed by atoms with Crippen molar-refractivity contribution in [3.8, 4) is 28.1 Å². The summed E-state index contributed by atoms with van der Waals surface area (Å²) in [5, 5.41) is 7.36. The minimum Gasteiger partial charge on any atom is -0.488 e. The van der Waals surface area contributed by atoms with Gasteiger partial charge in [-0.15, -0.1) is 0 Å². The fraction of sp³-hybridized carbons (Fsp3) is 0.388. The molecule has 0 radical (unpaired) electrons. The van der Waals surface area contributed by atoms with Crippen LogP contribution in [0.3, 0.4) is 0 Å². The molecule has 10 rings (SSSR count). The number of aromatic nitrogens is 4. The van der Waals surface area contributed by atoms with Gasteiger partial charge in [0.2, 0.25) is 5.91 Å². The van der Waals surface area contributed by atoms with Crippen LogP contribution in [0, 0.1) is 11.8 Å². The molecule has 3 fully saturated rings. The van der Waals surface area contributed by atoms with E-state index in [0.717, 1.165) is 68.3 Å². The van der Waals surface area contributed by atoms with Crippen LogP contribution in [0.1, 0.15) is 67.1 Å². The molecule has 2 saturated heterocycles. The second-order valence-corrected chi connectivity index (χ2v) is 17.7. The van der Waals surface area contributed by atoms with Crippen molar-refractivity contribution in [3.63, 3.8) is 0 Å². The van der Waals surface area contributed by atoms with E-state index in [2.05, 4.69) is 57.0 Å². The van der Waals surface area contributed by atoms with E-state index >= 15 is 0 Å². The number of nitrogens with one attached hydrogen (secondary N) is 4. The van der Waals surface area contributed by atoms with Crippen molar-refractivity contribution in [2.75, 3.05) is 41.6 Å². The van der Waals surface area contributed by atoms with Crippen LogP contribution >= 0.6 is 0 Å². The molecule has 342 valence electrons. The maximum atomic E-state index is 14.4. The lowest BCUT2D eigenvalue weighted by atomic mass is 9.92. The molecule has 6 aromatic rings. The molecule has 4 amide bonds. The smallest absolute Gasteiger partial charge is 0.407 e. The number of hydrogen-bond acceptors (Lipinski definition) is 11. The topological polar surface area (TPSA) is 202 Å². The number of carbonyl (C=O) groups excluding carboxylic acids is 4. The summed E-state index contributed by atoms with van der Waals surface area (Å²) in [5.41, 5.74) is 7.06. The number of carbonyl (C=O) groups is 4. The van der Waals surface area contributed by atoms with Crippen molar-refractivity contribution >= 4 is 45.8 Å². The third-order valence-electron chi connectivity index (χ3n) is 13.7. The quantitative estimate of drug-likeness (QED) is 0.102. The van der Waals surface area contributed by atoms with Gasteiger partial charge in [-0.1, -0.05) is 48.5 Å². The predicted molar refractivity (Wildman–Crippen MR) is 242 cm³/mol. The van der Waals surface area contributed by atoms with Gasteiger partial charge >= 0.3 is 12.2 Å². The summed E-state index contributed by atoms with van der Waals surface area (Å²) in [6, 6.07) is 21.2. The van der Waals surface area contributed by atoms with Gasteiger partial charge in [0.1, 0.15) is 36.1 Å². The van der Waals surface area contributed by atoms with Crippen LogP contribution in [0.2, 0.25) is 0 Å². The van der Waals surface area contributed by atoms with Gasteiger partial charge in [0, 0.05) is 43.7 Å². The Morgan fingerprint density at radius 2 is 1.65 bits per heavy atom. The number of ether oxygens (including phenoxy) is 5. The molecule has 8 atom stereocenters. The van der Waals surface area contributed by atoms with E-state index in [4.69, 9.17) is 33.7 Å². The van der Waals surface area contributed by atoms with Crippen molar-refractivity contribution in [2.45, 2.75) is 69.1 Å². The number of alkyl carbamates (subject to hydrolysis) is 2. The highest BCUT2D eigenvalue weighted by Crippen LogP contribution is 2.53. The first-order valence-electron chi connectivity index (χ1n) is 22.2. The number of piperidine rings is 1. The maximum absolute atomic E-state index is 14.4. The SMILES string of the molecule is COC[C@H]1C[C@@H](c2nc3ccc4cc5c(cc4c3[nH]2)OCc2cc(-c3cnc([C@@H]4CC6C[C@H]6N4C(=O)[C@@H](NC(=O)OC)[C@@H](C)OC)[nH]3)ccc2-5)N(C(=O)[C@H](NC(=O)OC)c2ccccc2)C1. The molecule has 4 aliphatic rings. The van der Waals surface area contributed by atoms with Gasteiger partial charge in [-0.3, -0.25) is 9.59 Å². The zero-order valence-electron chi connectivity index (χ0n) is 37.3. The molecule has 3 aliphatic heterocycles. The second kappa shape index (κ2) is 17.4. The van der Waals surface area contributed by atoms with Gasteiger partial charge in [-0.25, -0.2) is 19.6 Å². The van der Waals surface area contributed by atoms with Gasteiger partial charge in [-0.2, -0.15) is 0 Å². The van der Waals surface area contributed by atoms with Crippen LogP contribution in [0.4, 0.5) is 9.59 Å². The maximum Gasteiger partial charge on any atom is 0.407 e. The standard InChI is InChI=1S/C49H52N8O9/c1-25(63-3)41(54-48(60)64-4)47(59)57-37-18-30(37)19-39(57)44-50-21-36(52-44)29-11-13-32-31(16-29)24-66-40-20-33-28(17-34(32)40)12-14-35-43(33)53-45(51-35)38-15-26(23-62-2)22-56(38)46(58)42(55-49(61)65-5)27-9-7-6-8-10-27/h6-14,16-17,20-21,25-26,30,37-39,41-42H,15,18-19,22-24H2,1-5H3,(H,50,52)(H,51,53)(H,54,60)(H,55,61)/t25-,26+,30?,37-,38+,39+,41+,42-/m1/s1. The summed E-state index contributed by atoms with van der Waals surface area (Å²) in [7, 11) is 5.71. The monoisotopic (exact) mass is 896 g/mol. The van der Waals surface area contributed by atoms with Crippen LogP contribution in [0.25, 0.3) is 44.2 Å². The Balaban J connectivity index is 0.912. The number of rotatable bonds is 12. The fourth-order valence-electron chi connectivity index (χ4n) is 10.2. The summed E-state index contributed by atoms with van der Waals surface area (Å²) < 4.78 is 27.2. The Morgan fingerprint density at radius 3 is 2.42 bits per heavy atom. The van der Waals surface area contributed by atoms with Crippen molar-refractivity contribution < 1.29 is 42.9 Å². The average molecular weight is 897 g/mol. The number of nitrogens with zero attached hydrogens (tertiary/aromatic N) is 4. The van der Waals surface area contributed by atoms with E-state index in [1.807, 2.05) is 41.3 Å². The summed E-state index contributed by atoms with van der Waals surface area (Å²) in [6.07, 6.45) is 2.17. The third-order valence-corrected chi connectivity index (χ3v) is 13.7. The van der Waals surface area contributed by atoms with E-state index in [1.54, 1.807) is 25.1 Å². The zero-order chi connectivity index (χ0) is 45.8. The number of likely N-dealkylation sites (tertiary alicyclic amines) is 2. The van der Waals surface area contributed by atoms with Gasteiger partial charge in [0.25, 0.3) is 5.91 Å². The summed E-state index contributed by atoms with van der Waals surface area (Å²) >= 11 is 0. The van der Waals surface area contributed by atoms with Gasteiger partial charge < -0.3 is 54.1 Å². The molecule has 1 saturated carbocycles. The van der Waals surface area contributed by atoms with Gasteiger partial charge in [0.15, 0.2) is 0 Å². The highest BCUT2D eigenvalue weighted by Gasteiger charge is 2.56. The molecule has 0 spiro atoms. The normalized spacial score (nSPS) is 21.9. The van der Waals surface area contributed by atoms with E-state index < -0.39 is 36.4 Å². The van der Waals surface area contributed by atoms with Crippen molar-refractivity contribution in [2.24, 2.45) is 11.8 Å². The van der Waals surface area contributed by atoms with Crippen molar-refractivity contribution in [1.29, 1.82) is 0 Å². The van der Waals surface area contributed by atoms with E-state index in [0.29, 0.717) is 49.3 Å². The Kier molecular flexibility index (Phi) is 11.3. The summed E-state index contributed by atoms with van der Waals surface area (Å²) in [4.78, 5) is 73.7. The predicted octanol–water partition coefficient (Wildman–Crippen LogP) is 6.72. The largest absolute Gasteiger partial charge is 0.488 e. The number of H-pyrrole nitrogens is 2. The number of imidazole rings is 2. The van der Waals surface area contributed by atoms with Crippen LogP contribution in [0.5, 0.6) is 5.75 Å². The molecular weight excluding hydrogens is 845 g/mol. The lowest BCUT2D eigenvalue weighted by Gasteiger charge is -2.32. The molecule has 1 aliphatic carbocycles. The van der Waals surface area contributed by atoms with E-state index in [9.17, 15) is 19.2 Å². The highest BCUT2D eigenvalue weighted by molar-refractivity contribution is 6.07.